The monoisotopic (exact) mass is 590 g/mol. The number of carbonyl (C=O) groups excluding carboxylic acids is 1. The predicted molar refractivity (Wildman–Crippen MR) is 142 cm³/mol. The van der Waals surface area contributed by atoms with Gasteiger partial charge in [0.15, 0.2) is 5.82 Å². The van der Waals surface area contributed by atoms with Crippen LogP contribution in [0.15, 0.2) is 76.0 Å². The number of aromatic amines is 1. The molecular weight excluding hydrogens is 571 g/mol. The molecule has 0 radical (unpaired) electrons. The van der Waals surface area contributed by atoms with Crippen molar-refractivity contribution in [1.29, 1.82) is 0 Å². The average Bonchev–Trinajstić information content (AvgIpc) is 3.60. The lowest BCUT2D eigenvalue weighted by Gasteiger charge is -2.14. The van der Waals surface area contributed by atoms with Gasteiger partial charge in [0, 0.05) is 28.9 Å². The van der Waals surface area contributed by atoms with Crippen LogP contribution < -0.4 is 5.32 Å². The molecule has 0 aliphatic carbocycles. The third-order valence-electron chi connectivity index (χ3n) is 5.82. The third kappa shape index (κ3) is 5.91. The van der Waals surface area contributed by atoms with Crippen molar-refractivity contribution in [3.63, 3.8) is 0 Å². The van der Waals surface area contributed by atoms with Gasteiger partial charge in [-0.3, -0.25) is 9.78 Å². The fourth-order valence-electron chi connectivity index (χ4n) is 3.77. The zero-order valence-electron chi connectivity index (χ0n) is 20.4. The molecule has 5 aromatic rings. The molecule has 0 bridgehead atoms. The van der Waals surface area contributed by atoms with Gasteiger partial charge >= 0.3 is 5.97 Å². The highest BCUT2D eigenvalue weighted by molar-refractivity contribution is 9.10. The Morgan fingerprint density at radius 2 is 1.92 bits per heavy atom. The number of hydrogen-bond acceptors (Lipinski definition) is 7. The second-order valence-electron chi connectivity index (χ2n) is 8.67. The quantitative estimate of drug-likeness (QED) is 0.233. The number of pyridine rings is 1. The van der Waals surface area contributed by atoms with Gasteiger partial charge in [-0.05, 0) is 64.8 Å². The Morgan fingerprint density at radius 3 is 2.62 bits per heavy atom. The van der Waals surface area contributed by atoms with Gasteiger partial charge in [-0.15, -0.1) is 0 Å². The minimum atomic E-state index is -1.33. The SMILES string of the molecule is Cc1ccc(-c2nc(-c3ccc(CC(NC(=O)c4c[nH]c(-c5ccc(Br)cn5)n4)C(=O)O)cc3F)no2)cc1. The second-order valence-corrected chi connectivity index (χ2v) is 9.58. The van der Waals surface area contributed by atoms with E-state index < -0.39 is 23.7 Å². The highest BCUT2D eigenvalue weighted by Crippen LogP contribution is 2.25. The topological polar surface area (TPSA) is 147 Å². The summed E-state index contributed by atoms with van der Waals surface area (Å²) in [6.07, 6.45) is 2.78. The first-order valence-electron chi connectivity index (χ1n) is 11.7. The highest BCUT2D eigenvalue weighted by Gasteiger charge is 2.24. The summed E-state index contributed by atoms with van der Waals surface area (Å²) in [4.78, 5) is 40.1. The Morgan fingerprint density at radius 1 is 1.13 bits per heavy atom. The molecule has 1 unspecified atom stereocenters. The number of hydrogen-bond donors (Lipinski definition) is 3. The number of carbonyl (C=O) groups is 2. The maximum absolute atomic E-state index is 15.0. The fraction of sp³-hybridized carbons (Fsp3) is 0.111. The molecule has 196 valence electrons. The Labute approximate surface area is 229 Å². The van der Waals surface area contributed by atoms with Crippen LogP contribution in [0, 0.1) is 12.7 Å². The molecule has 1 atom stereocenters. The first kappa shape index (κ1) is 25.9. The Balaban J connectivity index is 1.28. The maximum Gasteiger partial charge on any atom is 0.326 e. The second kappa shape index (κ2) is 11.0. The average molecular weight is 591 g/mol. The number of nitrogens with zero attached hydrogens (tertiary/aromatic N) is 4. The van der Waals surface area contributed by atoms with Gasteiger partial charge < -0.3 is 19.9 Å². The first-order chi connectivity index (χ1) is 18.8. The summed E-state index contributed by atoms with van der Waals surface area (Å²) in [5.41, 5.74) is 2.73. The Bertz CT molecular complexity index is 1650. The van der Waals surface area contributed by atoms with Crippen molar-refractivity contribution in [3.05, 3.63) is 94.1 Å². The fourth-order valence-corrected chi connectivity index (χ4v) is 4.00. The van der Waals surface area contributed by atoms with E-state index in [2.05, 4.69) is 46.3 Å². The minimum absolute atomic E-state index is 0.0102. The standard InChI is InChI=1S/C27H20BrFN6O4/c1-14-2-5-16(6-3-14)26-34-23(35-39-26)18-8-4-15(10-19(18)29)11-21(27(37)38)33-25(36)22-13-31-24(32-22)20-9-7-17(28)12-30-20/h2-10,12-13,21H,11H2,1H3,(H,31,32)(H,33,36)(H,37,38). The number of aryl methyl sites for hydroxylation is 1. The van der Waals surface area contributed by atoms with Crippen molar-refractivity contribution in [2.24, 2.45) is 0 Å². The van der Waals surface area contributed by atoms with E-state index in [1.165, 1.54) is 18.3 Å². The molecule has 0 saturated carbocycles. The smallest absolute Gasteiger partial charge is 0.326 e. The van der Waals surface area contributed by atoms with Crippen molar-refractivity contribution < 1.29 is 23.6 Å². The molecule has 39 heavy (non-hydrogen) atoms. The van der Waals surface area contributed by atoms with E-state index in [9.17, 15) is 19.1 Å². The van der Waals surface area contributed by atoms with Gasteiger partial charge in [0.2, 0.25) is 5.82 Å². The van der Waals surface area contributed by atoms with Gasteiger partial charge in [0.05, 0.1) is 5.56 Å². The van der Waals surface area contributed by atoms with Gasteiger partial charge in [0.25, 0.3) is 11.8 Å². The molecule has 5 rings (SSSR count). The van der Waals surface area contributed by atoms with E-state index in [0.717, 1.165) is 10.0 Å². The maximum atomic E-state index is 15.0. The van der Waals surface area contributed by atoms with Crippen LogP contribution in [0.2, 0.25) is 0 Å². The van der Waals surface area contributed by atoms with Crippen LogP contribution in [-0.2, 0) is 11.2 Å². The van der Waals surface area contributed by atoms with E-state index in [1.807, 2.05) is 31.2 Å². The number of carboxylic acids is 1. The zero-order valence-corrected chi connectivity index (χ0v) is 21.9. The molecule has 3 N–H and O–H groups in total. The highest BCUT2D eigenvalue weighted by atomic mass is 79.9. The number of imidazole rings is 1. The normalized spacial score (nSPS) is 11.8. The van der Waals surface area contributed by atoms with Crippen LogP contribution in [0.25, 0.3) is 34.4 Å². The van der Waals surface area contributed by atoms with Crippen molar-refractivity contribution in [3.8, 4) is 34.4 Å². The van der Waals surface area contributed by atoms with E-state index in [-0.39, 0.29) is 29.4 Å². The molecule has 12 heteroatoms. The largest absolute Gasteiger partial charge is 0.480 e. The van der Waals surface area contributed by atoms with E-state index >= 15 is 0 Å². The number of carboxylic acid groups (broad SMARTS) is 1. The number of H-pyrrole nitrogens is 1. The van der Waals surface area contributed by atoms with Crippen LogP contribution in [0.4, 0.5) is 4.39 Å². The number of halogens is 2. The van der Waals surface area contributed by atoms with E-state index in [0.29, 0.717) is 22.6 Å². The molecule has 0 saturated heterocycles. The van der Waals surface area contributed by atoms with Crippen LogP contribution in [0.3, 0.4) is 0 Å². The lowest BCUT2D eigenvalue weighted by molar-refractivity contribution is -0.139. The molecule has 10 nitrogen and oxygen atoms in total. The lowest BCUT2D eigenvalue weighted by atomic mass is 10.0. The molecule has 3 heterocycles. The number of aliphatic carboxylic acids is 1. The molecule has 1 amide bonds. The lowest BCUT2D eigenvalue weighted by Crippen LogP contribution is -2.42. The molecule has 0 aliphatic heterocycles. The summed E-state index contributed by atoms with van der Waals surface area (Å²) < 4.78 is 21.1. The molecule has 0 spiro atoms. The number of benzene rings is 2. The van der Waals surface area contributed by atoms with Crippen molar-refractivity contribution in [1.82, 2.24) is 30.4 Å². The van der Waals surface area contributed by atoms with Gasteiger partial charge in [-0.1, -0.05) is 28.9 Å². The number of amides is 1. The first-order valence-corrected chi connectivity index (χ1v) is 12.5. The molecular formula is C27H20BrFN6O4. The summed E-state index contributed by atoms with van der Waals surface area (Å²) in [7, 11) is 0. The minimum Gasteiger partial charge on any atom is -0.480 e. The van der Waals surface area contributed by atoms with Gasteiger partial charge in [-0.2, -0.15) is 4.98 Å². The van der Waals surface area contributed by atoms with Crippen molar-refractivity contribution in [2.45, 2.75) is 19.4 Å². The Kier molecular flexibility index (Phi) is 7.28. The van der Waals surface area contributed by atoms with E-state index in [1.54, 1.807) is 24.4 Å². The van der Waals surface area contributed by atoms with Crippen LogP contribution >= 0.6 is 15.9 Å². The summed E-state index contributed by atoms with van der Waals surface area (Å²) in [6, 6.07) is 13.8. The van der Waals surface area contributed by atoms with Crippen LogP contribution in [0.1, 0.15) is 21.6 Å². The summed E-state index contributed by atoms with van der Waals surface area (Å²) >= 11 is 3.30. The number of rotatable bonds is 8. The summed E-state index contributed by atoms with van der Waals surface area (Å²) in [5, 5.41) is 16.0. The van der Waals surface area contributed by atoms with Crippen LogP contribution in [0.5, 0.6) is 0 Å². The number of aromatic nitrogens is 5. The Hall–Kier alpha value is -4.71. The molecule has 2 aromatic carbocycles. The van der Waals surface area contributed by atoms with Crippen LogP contribution in [-0.4, -0.2) is 48.1 Å². The molecule has 0 aliphatic rings. The molecule has 0 fully saturated rings. The summed E-state index contributed by atoms with van der Waals surface area (Å²) in [5.74, 6) is -1.97. The van der Waals surface area contributed by atoms with E-state index in [4.69, 9.17) is 4.52 Å². The third-order valence-corrected chi connectivity index (χ3v) is 6.29. The zero-order chi connectivity index (χ0) is 27.5. The van der Waals surface area contributed by atoms with Crippen molar-refractivity contribution in [2.75, 3.05) is 0 Å². The van der Waals surface area contributed by atoms with Crippen molar-refractivity contribution >= 4 is 27.8 Å². The van der Waals surface area contributed by atoms with Gasteiger partial charge in [0.1, 0.15) is 23.2 Å². The van der Waals surface area contributed by atoms with Gasteiger partial charge in [-0.25, -0.2) is 14.2 Å². The number of nitrogens with one attached hydrogen (secondary N) is 2. The predicted octanol–water partition coefficient (Wildman–Crippen LogP) is 4.82. The summed E-state index contributed by atoms with van der Waals surface area (Å²) in [6.45, 7) is 1.95. The molecule has 3 aromatic heterocycles.